The first-order valence-corrected chi connectivity index (χ1v) is 6.49. The van der Waals surface area contributed by atoms with E-state index in [2.05, 4.69) is 12.2 Å². The van der Waals surface area contributed by atoms with Gasteiger partial charge in [0.2, 0.25) is 0 Å². The summed E-state index contributed by atoms with van der Waals surface area (Å²) in [6.07, 6.45) is -0.0933. The van der Waals surface area contributed by atoms with Gasteiger partial charge in [-0.1, -0.05) is 13.3 Å². The van der Waals surface area contributed by atoms with Crippen LogP contribution >= 0.6 is 0 Å². The minimum absolute atomic E-state index is 0.283. The predicted molar refractivity (Wildman–Crippen MR) is 66.2 cm³/mol. The molecule has 4 nitrogen and oxygen atoms in total. The van der Waals surface area contributed by atoms with Gasteiger partial charge in [0.15, 0.2) is 0 Å². The first-order valence-electron chi connectivity index (χ1n) is 6.49. The van der Waals surface area contributed by atoms with E-state index < -0.39 is 6.43 Å². The van der Waals surface area contributed by atoms with Crippen LogP contribution in [0.5, 0.6) is 0 Å². The van der Waals surface area contributed by atoms with Gasteiger partial charge in [-0.2, -0.15) is 0 Å². The molecule has 0 aliphatic rings. The molecule has 0 aliphatic heterocycles. The fraction of sp³-hybridized carbons (Fsp3) is 1.00. The maximum Gasteiger partial charge on any atom is 0.250 e. The monoisotopic (exact) mass is 269 g/mol. The Labute approximate surface area is 108 Å². The van der Waals surface area contributed by atoms with Crippen LogP contribution in [0.25, 0.3) is 0 Å². The summed E-state index contributed by atoms with van der Waals surface area (Å²) in [6.45, 7) is 5.63. The number of hydrogen-bond acceptors (Lipinski definition) is 4. The number of alkyl halides is 2. The van der Waals surface area contributed by atoms with Gasteiger partial charge < -0.3 is 19.5 Å². The maximum absolute atomic E-state index is 11.7. The van der Waals surface area contributed by atoms with Crippen molar-refractivity contribution in [2.45, 2.75) is 26.2 Å². The Bertz CT molecular complexity index is 162. The summed E-state index contributed by atoms with van der Waals surface area (Å²) >= 11 is 0. The van der Waals surface area contributed by atoms with Crippen molar-refractivity contribution < 1.29 is 23.0 Å². The summed E-state index contributed by atoms with van der Waals surface area (Å²) in [6, 6.07) is 0. The Morgan fingerprint density at radius 3 is 2.00 bits per heavy atom. The Hall–Kier alpha value is -0.300. The highest BCUT2D eigenvalue weighted by Crippen LogP contribution is 1.88. The molecule has 0 bridgehead atoms. The van der Waals surface area contributed by atoms with E-state index in [1.165, 1.54) is 0 Å². The van der Waals surface area contributed by atoms with Crippen LogP contribution in [-0.4, -0.2) is 59.2 Å². The number of halogens is 2. The SMILES string of the molecule is CCCCOCCOCCOCCNCC(F)F. The fourth-order valence-electron chi connectivity index (χ4n) is 1.14. The van der Waals surface area contributed by atoms with Gasteiger partial charge in [0, 0.05) is 13.2 Å². The largest absolute Gasteiger partial charge is 0.379 e. The van der Waals surface area contributed by atoms with Crippen molar-refractivity contribution in [3.8, 4) is 0 Å². The van der Waals surface area contributed by atoms with Gasteiger partial charge in [-0.3, -0.25) is 0 Å². The molecule has 1 N–H and O–H groups in total. The molecule has 0 atom stereocenters. The Kier molecular flexibility index (Phi) is 14.5. The van der Waals surface area contributed by atoms with Crippen LogP contribution in [0.1, 0.15) is 19.8 Å². The lowest BCUT2D eigenvalue weighted by Gasteiger charge is -2.07. The van der Waals surface area contributed by atoms with E-state index >= 15 is 0 Å². The molecule has 0 radical (unpaired) electrons. The van der Waals surface area contributed by atoms with Gasteiger partial charge in [0.05, 0.1) is 39.6 Å². The van der Waals surface area contributed by atoms with Crippen molar-refractivity contribution in [1.29, 1.82) is 0 Å². The van der Waals surface area contributed by atoms with E-state index in [9.17, 15) is 8.78 Å². The zero-order valence-electron chi connectivity index (χ0n) is 11.1. The van der Waals surface area contributed by atoms with E-state index in [1.807, 2.05) is 0 Å². The van der Waals surface area contributed by atoms with Gasteiger partial charge in [-0.25, -0.2) is 8.78 Å². The van der Waals surface area contributed by atoms with Crippen LogP contribution in [0, 0.1) is 0 Å². The number of hydrogen-bond donors (Lipinski definition) is 1. The quantitative estimate of drug-likeness (QED) is 0.487. The fourth-order valence-corrected chi connectivity index (χ4v) is 1.14. The normalized spacial score (nSPS) is 11.3. The van der Waals surface area contributed by atoms with Gasteiger partial charge in [-0.05, 0) is 6.42 Å². The van der Waals surface area contributed by atoms with Crippen molar-refractivity contribution >= 4 is 0 Å². The van der Waals surface area contributed by atoms with E-state index in [0.29, 0.717) is 39.6 Å². The number of unbranched alkanes of at least 4 members (excludes halogenated alkanes) is 1. The summed E-state index contributed by atoms with van der Waals surface area (Å²) < 4.78 is 39.2. The van der Waals surface area contributed by atoms with E-state index in [4.69, 9.17) is 14.2 Å². The molecule has 0 fully saturated rings. The van der Waals surface area contributed by atoms with Gasteiger partial charge >= 0.3 is 0 Å². The Balaban J connectivity index is 2.90. The third-order valence-electron chi connectivity index (χ3n) is 2.11. The van der Waals surface area contributed by atoms with Crippen molar-refractivity contribution in [2.24, 2.45) is 0 Å². The minimum atomic E-state index is -2.30. The highest BCUT2D eigenvalue weighted by Gasteiger charge is 1.99. The molecule has 0 saturated heterocycles. The smallest absolute Gasteiger partial charge is 0.250 e. The van der Waals surface area contributed by atoms with Crippen molar-refractivity contribution in [2.75, 3.05) is 52.7 Å². The van der Waals surface area contributed by atoms with Gasteiger partial charge in [-0.15, -0.1) is 0 Å². The van der Waals surface area contributed by atoms with Gasteiger partial charge in [0.1, 0.15) is 0 Å². The molecule has 0 spiro atoms. The van der Waals surface area contributed by atoms with Crippen LogP contribution < -0.4 is 5.32 Å². The molecule has 18 heavy (non-hydrogen) atoms. The van der Waals surface area contributed by atoms with E-state index in [1.54, 1.807) is 0 Å². The summed E-state index contributed by atoms with van der Waals surface area (Å²) in [5, 5.41) is 2.58. The lowest BCUT2D eigenvalue weighted by molar-refractivity contribution is 0.0142. The van der Waals surface area contributed by atoms with Crippen LogP contribution in [-0.2, 0) is 14.2 Å². The number of rotatable bonds is 14. The molecular formula is C12H25F2NO3. The number of ether oxygens (including phenoxy) is 3. The first kappa shape index (κ1) is 17.7. The van der Waals surface area contributed by atoms with Crippen LogP contribution in [0.3, 0.4) is 0 Å². The second-order valence-corrected chi connectivity index (χ2v) is 3.79. The zero-order valence-corrected chi connectivity index (χ0v) is 11.1. The maximum atomic E-state index is 11.7. The van der Waals surface area contributed by atoms with Crippen molar-refractivity contribution in [3.63, 3.8) is 0 Å². The molecule has 0 aromatic rings. The topological polar surface area (TPSA) is 39.7 Å². The molecule has 0 amide bonds. The number of nitrogens with one attached hydrogen (secondary N) is 1. The zero-order chi connectivity index (χ0) is 13.5. The second kappa shape index (κ2) is 14.8. The van der Waals surface area contributed by atoms with Crippen LogP contribution in [0.15, 0.2) is 0 Å². The average Bonchev–Trinajstić information content (AvgIpc) is 2.34. The van der Waals surface area contributed by atoms with Gasteiger partial charge in [0.25, 0.3) is 6.43 Å². The van der Waals surface area contributed by atoms with E-state index in [0.717, 1.165) is 19.4 Å². The second-order valence-electron chi connectivity index (χ2n) is 3.79. The molecule has 0 rings (SSSR count). The highest BCUT2D eigenvalue weighted by atomic mass is 19.3. The molecule has 6 heteroatoms. The molecule has 0 aliphatic carbocycles. The lowest BCUT2D eigenvalue weighted by atomic mass is 10.4. The third kappa shape index (κ3) is 15.7. The highest BCUT2D eigenvalue weighted by molar-refractivity contribution is 4.47. The minimum Gasteiger partial charge on any atom is -0.379 e. The summed E-state index contributed by atoms with van der Waals surface area (Å²) in [4.78, 5) is 0. The molecule has 0 unspecified atom stereocenters. The third-order valence-corrected chi connectivity index (χ3v) is 2.11. The summed E-state index contributed by atoms with van der Waals surface area (Å²) in [5.74, 6) is 0. The molecule has 0 aromatic carbocycles. The molecule has 0 aromatic heterocycles. The Morgan fingerprint density at radius 1 is 0.889 bits per heavy atom. The summed E-state index contributed by atoms with van der Waals surface area (Å²) in [5.41, 5.74) is 0. The Morgan fingerprint density at radius 2 is 1.44 bits per heavy atom. The van der Waals surface area contributed by atoms with E-state index in [-0.39, 0.29) is 6.54 Å². The average molecular weight is 269 g/mol. The first-order chi connectivity index (χ1) is 8.77. The lowest BCUT2D eigenvalue weighted by Crippen LogP contribution is -2.25. The predicted octanol–water partition coefficient (Wildman–Crippen LogP) is 1.69. The standard InChI is InChI=1S/C12H25F2NO3/c1-2-3-5-16-7-9-18-10-8-17-6-4-15-11-12(13)14/h12,15H,2-11H2,1H3. The molecule has 0 heterocycles. The van der Waals surface area contributed by atoms with Crippen molar-refractivity contribution in [1.82, 2.24) is 5.32 Å². The van der Waals surface area contributed by atoms with Crippen LogP contribution in [0.2, 0.25) is 0 Å². The molecule has 110 valence electrons. The molecule has 0 saturated carbocycles. The van der Waals surface area contributed by atoms with Crippen molar-refractivity contribution in [3.05, 3.63) is 0 Å². The summed E-state index contributed by atoms with van der Waals surface area (Å²) in [7, 11) is 0. The van der Waals surface area contributed by atoms with Crippen LogP contribution in [0.4, 0.5) is 8.78 Å². The molecular weight excluding hydrogens is 244 g/mol.